The fourth-order valence-corrected chi connectivity index (χ4v) is 5.65. The van der Waals surface area contributed by atoms with Crippen molar-refractivity contribution in [2.45, 2.75) is 18.0 Å². The van der Waals surface area contributed by atoms with Crippen molar-refractivity contribution in [1.82, 2.24) is 14.8 Å². The molecule has 2 aromatic carbocycles. The molecule has 2 aliphatic rings. The van der Waals surface area contributed by atoms with E-state index < -0.39 is 0 Å². The van der Waals surface area contributed by atoms with Gasteiger partial charge >= 0.3 is 0 Å². The predicted molar refractivity (Wildman–Crippen MR) is 127 cm³/mol. The zero-order valence-corrected chi connectivity index (χ0v) is 19.6. The third-order valence-corrected chi connectivity index (χ3v) is 7.33. The number of aromatic nitrogens is 1. The highest BCUT2D eigenvalue weighted by Crippen LogP contribution is 2.49. The van der Waals surface area contributed by atoms with Crippen molar-refractivity contribution in [3.63, 3.8) is 0 Å². The van der Waals surface area contributed by atoms with Crippen LogP contribution < -0.4 is 4.74 Å². The van der Waals surface area contributed by atoms with E-state index in [1.54, 1.807) is 7.11 Å². The molecule has 7 nitrogen and oxygen atoms in total. The summed E-state index contributed by atoms with van der Waals surface area (Å²) in [5.41, 5.74) is 3.94. The number of ether oxygens (including phenoxy) is 2. The van der Waals surface area contributed by atoms with Crippen LogP contribution in [-0.2, 0) is 21.5 Å². The summed E-state index contributed by atoms with van der Waals surface area (Å²) < 4.78 is 10.5. The van der Waals surface area contributed by atoms with Gasteiger partial charge in [0.15, 0.2) is 0 Å². The van der Waals surface area contributed by atoms with Gasteiger partial charge in [-0.2, -0.15) is 0 Å². The maximum atomic E-state index is 12.5. The molecule has 5 rings (SSSR count). The van der Waals surface area contributed by atoms with E-state index >= 15 is 0 Å². The molecule has 0 bridgehead atoms. The molecule has 0 aliphatic carbocycles. The second-order valence-corrected chi connectivity index (χ2v) is 9.39. The van der Waals surface area contributed by atoms with E-state index in [2.05, 4.69) is 16.0 Å². The monoisotopic (exact) mass is 469 g/mol. The summed E-state index contributed by atoms with van der Waals surface area (Å²) >= 11 is 6.47. The van der Waals surface area contributed by atoms with E-state index in [4.69, 9.17) is 21.1 Å². The smallest absolute Gasteiger partial charge is 0.248 e. The fourth-order valence-electron chi connectivity index (χ4n) is 5.46. The largest absolute Gasteiger partial charge is 0.497 e. The minimum absolute atomic E-state index is 0.00637. The van der Waals surface area contributed by atoms with E-state index in [9.17, 15) is 9.90 Å². The molecule has 1 aromatic heterocycles. The third kappa shape index (κ3) is 3.69. The highest BCUT2D eigenvalue weighted by atomic mass is 35.5. The normalized spacial score (nSPS) is 19.5. The molecule has 3 heterocycles. The molecule has 3 aromatic rings. The Bertz CT molecular complexity index is 1190. The Morgan fingerprint density at radius 1 is 1.21 bits per heavy atom. The minimum atomic E-state index is -0.238. The van der Waals surface area contributed by atoms with Gasteiger partial charge in [0.2, 0.25) is 5.91 Å². The highest BCUT2D eigenvalue weighted by Gasteiger charge is 2.53. The number of nitrogens with zero attached hydrogens (tertiary/aromatic N) is 2. The van der Waals surface area contributed by atoms with Gasteiger partial charge < -0.3 is 24.5 Å². The van der Waals surface area contributed by atoms with Crippen LogP contribution in [0, 0.1) is 0 Å². The number of aliphatic hydroxyl groups excluding tert-OH is 1. The van der Waals surface area contributed by atoms with Crippen molar-refractivity contribution in [1.29, 1.82) is 0 Å². The molecule has 2 N–H and O–H groups in total. The van der Waals surface area contributed by atoms with Crippen LogP contribution in [0.1, 0.15) is 22.9 Å². The van der Waals surface area contributed by atoms with Gasteiger partial charge in [-0.15, -0.1) is 0 Å². The third-order valence-electron chi connectivity index (χ3n) is 6.96. The van der Waals surface area contributed by atoms with E-state index in [0.717, 1.165) is 27.9 Å². The van der Waals surface area contributed by atoms with E-state index in [0.29, 0.717) is 31.2 Å². The Kier molecular flexibility index (Phi) is 5.82. The SMILES string of the molecule is COCC(=O)N1CC2(C1)CN(Cc1ccccc1Cl)[C@H](CO)c1[nH]c3cc(OC)ccc3c12. The Morgan fingerprint density at radius 2 is 2.00 bits per heavy atom. The summed E-state index contributed by atoms with van der Waals surface area (Å²) in [6, 6.07) is 13.6. The van der Waals surface area contributed by atoms with Gasteiger partial charge in [0.1, 0.15) is 12.4 Å². The van der Waals surface area contributed by atoms with Crippen LogP contribution in [0.3, 0.4) is 0 Å². The lowest BCUT2D eigenvalue weighted by molar-refractivity contribution is -0.144. The zero-order valence-electron chi connectivity index (χ0n) is 18.8. The number of hydrogen-bond acceptors (Lipinski definition) is 5. The second kappa shape index (κ2) is 8.65. The van der Waals surface area contributed by atoms with Gasteiger partial charge in [0.05, 0.1) is 19.8 Å². The summed E-state index contributed by atoms with van der Waals surface area (Å²) in [7, 11) is 3.19. The molecule has 1 amide bonds. The number of rotatable bonds is 6. The summed E-state index contributed by atoms with van der Waals surface area (Å²) in [5.74, 6) is 0.766. The van der Waals surface area contributed by atoms with Crippen LogP contribution in [0.4, 0.5) is 0 Å². The molecular formula is C25H28ClN3O4. The van der Waals surface area contributed by atoms with Crippen LogP contribution in [0.25, 0.3) is 10.9 Å². The lowest BCUT2D eigenvalue weighted by Crippen LogP contribution is -2.67. The van der Waals surface area contributed by atoms with Crippen LogP contribution in [0.5, 0.6) is 5.75 Å². The van der Waals surface area contributed by atoms with E-state index in [1.807, 2.05) is 41.3 Å². The number of carbonyl (C=O) groups excluding carboxylic acids is 1. The molecule has 1 atom stereocenters. The number of aromatic amines is 1. The maximum absolute atomic E-state index is 12.5. The van der Waals surface area contributed by atoms with Gasteiger partial charge in [-0.3, -0.25) is 9.69 Å². The number of amides is 1. The number of nitrogens with one attached hydrogen (secondary N) is 1. The van der Waals surface area contributed by atoms with Gasteiger partial charge in [-0.25, -0.2) is 0 Å². The quantitative estimate of drug-likeness (QED) is 0.580. The Hall–Kier alpha value is -2.58. The summed E-state index contributed by atoms with van der Waals surface area (Å²) in [6.45, 7) is 2.60. The number of benzene rings is 2. The first-order chi connectivity index (χ1) is 16.0. The zero-order chi connectivity index (χ0) is 23.2. The standard InChI is InChI=1S/C25H28ClN3O4/c1-32-12-22(31)29-14-25(15-29)13-28(10-16-5-3-4-6-19(16)26)21(11-30)24-23(25)18-8-7-17(33-2)9-20(18)27-24/h3-9,21,27,30H,10-15H2,1-2H3/t21-/m1/s1. The average Bonchev–Trinajstić information content (AvgIpc) is 3.17. The predicted octanol–water partition coefficient (Wildman–Crippen LogP) is 3.11. The first kappa shape index (κ1) is 22.2. The van der Waals surface area contributed by atoms with Crippen molar-refractivity contribution < 1.29 is 19.4 Å². The Balaban J connectivity index is 1.58. The van der Waals surface area contributed by atoms with Gasteiger partial charge in [0, 0.05) is 66.4 Å². The number of carbonyl (C=O) groups is 1. The van der Waals surface area contributed by atoms with Crippen molar-refractivity contribution in [2.75, 3.05) is 47.1 Å². The van der Waals surface area contributed by atoms with Crippen molar-refractivity contribution in [3.05, 3.63) is 64.3 Å². The molecule has 1 spiro atoms. The number of likely N-dealkylation sites (tertiary alicyclic amines) is 1. The van der Waals surface area contributed by atoms with Crippen molar-refractivity contribution >= 4 is 28.4 Å². The van der Waals surface area contributed by atoms with Crippen LogP contribution in [-0.4, -0.2) is 72.9 Å². The maximum Gasteiger partial charge on any atom is 0.248 e. The molecule has 174 valence electrons. The average molecular weight is 470 g/mol. The van der Waals surface area contributed by atoms with Gasteiger partial charge in [0.25, 0.3) is 0 Å². The Morgan fingerprint density at radius 3 is 2.70 bits per heavy atom. The fraction of sp³-hybridized carbons (Fsp3) is 0.400. The number of H-pyrrole nitrogens is 1. The lowest BCUT2D eigenvalue weighted by Gasteiger charge is -2.56. The first-order valence-electron chi connectivity index (χ1n) is 11.0. The summed E-state index contributed by atoms with van der Waals surface area (Å²) in [5, 5.41) is 12.3. The molecule has 1 saturated heterocycles. The van der Waals surface area contributed by atoms with E-state index in [-0.39, 0.29) is 30.6 Å². The molecule has 33 heavy (non-hydrogen) atoms. The summed E-state index contributed by atoms with van der Waals surface area (Å²) in [6.07, 6.45) is 0. The molecule has 0 saturated carbocycles. The second-order valence-electron chi connectivity index (χ2n) is 8.98. The molecule has 2 aliphatic heterocycles. The highest BCUT2D eigenvalue weighted by molar-refractivity contribution is 6.31. The number of methoxy groups -OCH3 is 2. The minimum Gasteiger partial charge on any atom is -0.497 e. The van der Waals surface area contributed by atoms with Gasteiger partial charge in [-0.1, -0.05) is 29.8 Å². The molecular weight excluding hydrogens is 442 g/mol. The number of fused-ring (bicyclic) bond motifs is 4. The molecule has 1 fully saturated rings. The topological polar surface area (TPSA) is 78.0 Å². The van der Waals surface area contributed by atoms with Crippen molar-refractivity contribution in [2.24, 2.45) is 0 Å². The van der Waals surface area contributed by atoms with Crippen molar-refractivity contribution in [3.8, 4) is 5.75 Å². The van der Waals surface area contributed by atoms with Crippen LogP contribution in [0.2, 0.25) is 5.02 Å². The summed E-state index contributed by atoms with van der Waals surface area (Å²) in [4.78, 5) is 20.2. The number of aliphatic hydroxyl groups is 1. The molecule has 0 unspecified atom stereocenters. The Labute approximate surface area is 197 Å². The molecule has 8 heteroatoms. The first-order valence-corrected chi connectivity index (χ1v) is 11.4. The van der Waals surface area contributed by atoms with Crippen LogP contribution >= 0.6 is 11.6 Å². The number of halogens is 1. The lowest BCUT2D eigenvalue weighted by atomic mass is 9.68. The van der Waals surface area contributed by atoms with Crippen LogP contribution in [0.15, 0.2) is 42.5 Å². The molecule has 0 radical (unpaired) electrons. The van der Waals surface area contributed by atoms with E-state index in [1.165, 1.54) is 12.7 Å². The number of hydrogen-bond donors (Lipinski definition) is 2. The van der Waals surface area contributed by atoms with Gasteiger partial charge in [-0.05, 0) is 29.3 Å².